The monoisotopic (exact) mass is 408 g/mol. The molecule has 1 amide bonds. The molecule has 0 radical (unpaired) electrons. The third-order valence-electron chi connectivity index (χ3n) is 5.63. The molecule has 4 rings (SSSR count). The van der Waals surface area contributed by atoms with Crippen LogP contribution in [0, 0.1) is 0 Å². The summed E-state index contributed by atoms with van der Waals surface area (Å²) in [5, 5.41) is 0. The number of hydrogen-bond donors (Lipinski definition) is 0. The van der Waals surface area contributed by atoms with Crippen LogP contribution < -0.4 is 0 Å². The van der Waals surface area contributed by atoms with Gasteiger partial charge in [0.05, 0.1) is 0 Å². The van der Waals surface area contributed by atoms with E-state index in [0.717, 1.165) is 16.8 Å². The minimum Gasteiger partial charge on any atom is -0.334 e. The van der Waals surface area contributed by atoms with E-state index in [9.17, 15) is 4.79 Å². The maximum atomic E-state index is 13.3. The number of hydrogen-bond acceptors (Lipinski definition) is 1. The number of carbonyl (C=O) groups excluding carboxylic acids is 1. The summed E-state index contributed by atoms with van der Waals surface area (Å²) in [5.41, 5.74) is 4.61. The summed E-state index contributed by atoms with van der Waals surface area (Å²) < 4.78 is 2.08. The molecule has 0 bridgehead atoms. The van der Waals surface area contributed by atoms with E-state index in [1.54, 1.807) is 0 Å². The van der Waals surface area contributed by atoms with Crippen molar-refractivity contribution in [2.24, 2.45) is 0 Å². The lowest BCUT2D eigenvalue weighted by molar-refractivity contribution is -0.132. The smallest absolute Gasteiger partial charge is 0.223 e. The van der Waals surface area contributed by atoms with Gasteiger partial charge in [-0.1, -0.05) is 79.7 Å². The van der Waals surface area contributed by atoms with Crippen molar-refractivity contribution in [3.63, 3.8) is 0 Å². The van der Waals surface area contributed by atoms with Crippen LogP contribution in [0.15, 0.2) is 109 Å². The molecule has 0 aliphatic rings. The Kier molecular flexibility index (Phi) is 6.63. The minimum atomic E-state index is 0.153. The molecule has 1 heterocycles. The Morgan fingerprint density at radius 2 is 1.26 bits per heavy atom. The molecule has 3 aromatic carbocycles. The van der Waals surface area contributed by atoms with E-state index in [-0.39, 0.29) is 11.8 Å². The molecule has 0 saturated heterocycles. The van der Waals surface area contributed by atoms with Gasteiger partial charge in [0.2, 0.25) is 5.91 Å². The lowest BCUT2D eigenvalue weighted by Gasteiger charge is -2.25. The number of amides is 1. The van der Waals surface area contributed by atoms with Gasteiger partial charge in [0.15, 0.2) is 0 Å². The number of carbonyl (C=O) groups is 1. The predicted molar refractivity (Wildman–Crippen MR) is 126 cm³/mol. The summed E-state index contributed by atoms with van der Waals surface area (Å²) >= 11 is 0. The Morgan fingerprint density at radius 1 is 0.742 bits per heavy atom. The van der Waals surface area contributed by atoms with Crippen molar-refractivity contribution in [3.8, 4) is 5.69 Å². The second kappa shape index (κ2) is 9.94. The van der Waals surface area contributed by atoms with E-state index < -0.39 is 0 Å². The zero-order valence-electron chi connectivity index (χ0n) is 17.9. The Bertz CT molecular complexity index is 1030. The number of aromatic nitrogens is 1. The lowest BCUT2D eigenvalue weighted by atomic mass is 9.96. The average Bonchev–Trinajstić information content (AvgIpc) is 3.35. The van der Waals surface area contributed by atoms with Crippen LogP contribution in [0.5, 0.6) is 0 Å². The summed E-state index contributed by atoms with van der Waals surface area (Å²) in [5.74, 6) is 0.329. The molecular formula is C28H28N2O. The van der Waals surface area contributed by atoms with Crippen molar-refractivity contribution in [1.82, 2.24) is 9.47 Å². The summed E-state index contributed by atoms with van der Waals surface area (Å²) in [7, 11) is 0. The maximum Gasteiger partial charge on any atom is 0.223 e. The topological polar surface area (TPSA) is 25.2 Å². The van der Waals surface area contributed by atoms with Gasteiger partial charge in [0, 0.05) is 37.6 Å². The van der Waals surface area contributed by atoms with Crippen molar-refractivity contribution >= 4 is 5.91 Å². The summed E-state index contributed by atoms with van der Waals surface area (Å²) in [6.07, 6.45) is 4.56. The van der Waals surface area contributed by atoms with Crippen LogP contribution in [0.1, 0.15) is 36.0 Å². The highest BCUT2D eigenvalue weighted by molar-refractivity contribution is 5.77. The minimum absolute atomic E-state index is 0.153. The molecule has 4 aromatic rings. The van der Waals surface area contributed by atoms with Crippen molar-refractivity contribution in [1.29, 1.82) is 0 Å². The van der Waals surface area contributed by atoms with E-state index in [1.807, 2.05) is 65.8 Å². The fraction of sp³-hybridized carbons (Fsp3) is 0.179. The SMILES string of the molecule is C[C@@H](CC(=O)N(Cc1ccccc1)Cc1ccccc1)c1ccc(-n2cccc2)cc1. The van der Waals surface area contributed by atoms with Crippen LogP contribution in [0.4, 0.5) is 0 Å². The van der Waals surface area contributed by atoms with Crippen LogP contribution in [0.2, 0.25) is 0 Å². The molecule has 0 N–H and O–H groups in total. The average molecular weight is 409 g/mol. The predicted octanol–water partition coefficient (Wildman–Crippen LogP) is 6.20. The van der Waals surface area contributed by atoms with Crippen LogP contribution in [-0.2, 0) is 17.9 Å². The first-order chi connectivity index (χ1) is 15.2. The van der Waals surface area contributed by atoms with Gasteiger partial charge >= 0.3 is 0 Å². The number of benzene rings is 3. The zero-order valence-corrected chi connectivity index (χ0v) is 17.9. The molecule has 3 nitrogen and oxygen atoms in total. The standard InChI is InChI=1S/C28H28N2O/c1-23(26-14-16-27(17-15-26)29-18-8-9-19-29)20-28(31)30(21-24-10-4-2-5-11-24)22-25-12-6-3-7-13-25/h2-19,23H,20-22H2,1H3/t23-/m0/s1. The van der Waals surface area contributed by atoms with Gasteiger partial charge in [-0.05, 0) is 46.9 Å². The first kappa shape index (κ1) is 20.7. The van der Waals surface area contributed by atoms with E-state index >= 15 is 0 Å². The zero-order chi connectivity index (χ0) is 21.5. The van der Waals surface area contributed by atoms with E-state index in [1.165, 1.54) is 5.56 Å². The number of rotatable bonds is 8. The second-order valence-electron chi connectivity index (χ2n) is 8.01. The summed E-state index contributed by atoms with van der Waals surface area (Å²) in [4.78, 5) is 15.3. The summed E-state index contributed by atoms with van der Waals surface area (Å²) in [6.45, 7) is 3.37. The fourth-order valence-corrected chi connectivity index (χ4v) is 3.83. The molecular weight excluding hydrogens is 380 g/mol. The molecule has 0 aliphatic heterocycles. The van der Waals surface area contributed by atoms with Crippen LogP contribution in [0.3, 0.4) is 0 Å². The molecule has 0 aliphatic carbocycles. The Morgan fingerprint density at radius 3 is 1.77 bits per heavy atom. The highest BCUT2D eigenvalue weighted by Crippen LogP contribution is 2.23. The largest absolute Gasteiger partial charge is 0.334 e. The Hall–Kier alpha value is -3.59. The highest BCUT2D eigenvalue weighted by atomic mass is 16.2. The van der Waals surface area contributed by atoms with Gasteiger partial charge in [-0.2, -0.15) is 0 Å². The summed E-state index contributed by atoms with van der Waals surface area (Å²) in [6, 6.07) is 32.9. The molecule has 3 heteroatoms. The van der Waals surface area contributed by atoms with Gasteiger partial charge in [-0.15, -0.1) is 0 Å². The van der Waals surface area contributed by atoms with Gasteiger partial charge in [0.1, 0.15) is 0 Å². The van der Waals surface area contributed by atoms with E-state index in [0.29, 0.717) is 19.5 Å². The van der Waals surface area contributed by atoms with Crippen molar-refractivity contribution in [2.75, 3.05) is 0 Å². The van der Waals surface area contributed by atoms with Crippen molar-refractivity contribution in [2.45, 2.75) is 32.4 Å². The van der Waals surface area contributed by atoms with Crippen molar-refractivity contribution < 1.29 is 4.79 Å². The lowest BCUT2D eigenvalue weighted by Crippen LogP contribution is -2.31. The molecule has 31 heavy (non-hydrogen) atoms. The maximum absolute atomic E-state index is 13.3. The van der Waals surface area contributed by atoms with Crippen LogP contribution in [-0.4, -0.2) is 15.4 Å². The Balaban J connectivity index is 1.46. The molecule has 0 spiro atoms. The van der Waals surface area contributed by atoms with Gasteiger partial charge in [-0.25, -0.2) is 0 Å². The molecule has 0 unspecified atom stereocenters. The fourth-order valence-electron chi connectivity index (χ4n) is 3.83. The van der Waals surface area contributed by atoms with Gasteiger partial charge < -0.3 is 9.47 Å². The van der Waals surface area contributed by atoms with Crippen LogP contribution in [0.25, 0.3) is 5.69 Å². The quantitative estimate of drug-likeness (QED) is 0.341. The molecule has 1 aromatic heterocycles. The van der Waals surface area contributed by atoms with Gasteiger partial charge in [0.25, 0.3) is 0 Å². The van der Waals surface area contributed by atoms with Gasteiger partial charge in [-0.3, -0.25) is 4.79 Å². The molecule has 1 atom stereocenters. The third-order valence-corrected chi connectivity index (χ3v) is 5.63. The number of nitrogens with zero attached hydrogens (tertiary/aromatic N) is 2. The first-order valence-electron chi connectivity index (χ1n) is 10.8. The van der Waals surface area contributed by atoms with Crippen molar-refractivity contribution in [3.05, 3.63) is 126 Å². The molecule has 156 valence electrons. The first-order valence-corrected chi connectivity index (χ1v) is 10.8. The molecule has 0 fully saturated rings. The van der Waals surface area contributed by atoms with E-state index in [2.05, 4.69) is 60.0 Å². The third kappa shape index (κ3) is 5.52. The highest BCUT2D eigenvalue weighted by Gasteiger charge is 2.18. The Labute approximate surface area is 184 Å². The second-order valence-corrected chi connectivity index (χ2v) is 8.01. The van der Waals surface area contributed by atoms with E-state index in [4.69, 9.17) is 0 Å². The van der Waals surface area contributed by atoms with Crippen LogP contribution >= 0.6 is 0 Å². The normalized spacial score (nSPS) is 11.8. The molecule has 0 saturated carbocycles.